The average Bonchev–Trinajstić information content (AvgIpc) is 2.74. The van der Waals surface area contributed by atoms with Crippen molar-refractivity contribution in [1.29, 1.82) is 0 Å². The van der Waals surface area contributed by atoms with Crippen molar-refractivity contribution in [3.8, 4) is 0 Å². The van der Waals surface area contributed by atoms with Gasteiger partial charge in [-0.1, -0.05) is 52.7 Å². The second-order valence-electron chi connectivity index (χ2n) is 7.33. The lowest BCUT2D eigenvalue weighted by Gasteiger charge is -2.29. The molecule has 8 heteroatoms. The summed E-state index contributed by atoms with van der Waals surface area (Å²) < 4.78 is 14.9. The summed E-state index contributed by atoms with van der Waals surface area (Å²) in [5, 5.41) is 3.28. The van der Waals surface area contributed by atoms with Crippen LogP contribution in [-0.2, 0) is 21.9 Å². The highest BCUT2D eigenvalue weighted by Gasteiger charge is 2.26. The van der Waals surface area contributed by atoms with Crippen molar-refractivity contribution in [2.45, 2.75) is 51.6 Å². The highest BCUT2D eigenvalue weighted by molar-refractivity contribution is 9.10. The van der Waals surface area contributed by atoms with E-state index in [-0.39, 0.29) is 35.2 Å². The quantitative estimate of drug-likeness (QED) is 0.423. The molecule has 0 aliphatic rings. The van der Waals surface area contributed by atoms with Gasteiger partial charge in [0.25, 0.3) is 0 Å². The third-order valence-electron chi connectivity index (χ3n) is 4.97. The van der Waals surface area contributed by atoms with E-state index in [4.69, 9.17) is 11.6 Å². The summed E-state index contributed by atoms with van der Waals surface area (Å²) in [5.41, 5.74) is 1.30. The first kappa shape index (κ1) is 25.7. The smallest absolute Gasteiger partial charge is 0.242 e. The summed E-state index contributed by atoms with van der Waals surface area (Å²) in [4.78, 5) is 27.3. The Balaban J connectivity index is 2.11. The van der Waals surface area contributed by atoms with E-state index in [1.807, 2.05) is 38.1 Å². The molecule has 31 heavy (non-hydrogen) atoms. The van der Waals surface area contributed by atoms with Crippen LogP contribution in [0.25, 0.3) is 0 Å². The number of rotatable bonds is 10. The van der Waals surface area contributed by atoms with Crippen molar-refractivity contribution in [2.75, 3.05) is 5.75 Å². The molecule has 168 valence electrons. The summed E-state index contributed by atoms with van der Waals surface area (Å²) in [5.74, 6) is -0.381. The Morgan fingerprint density at radius 3 is 2.48 bits per heavy atom. The van der Waals surface area contributed by atoms with Crippen molar-refractivity contribution in [3.05, 3.63) is 68.9 Å². The molecule has 2 rings (SSSR count). The van der Waals surface area contributed by atoms with Crippen molar-refractivity contribution < 1.29 is 14.0 Å². The van der Waals surface area contributed by atoms with Crippen LogP contribution in [0.3, 0.4) is 0 Å². The first-order valence-electron chi connectivity index (χ1n) is 10.1. The van der Waals surface area contributed by atoms with E-state index in [9.17, 15) is 14.0 Å². The molecule has 0 unspecified atom stereocenters. The van der Waals surface area contributed by atoms with Crippen LogP contribution < -0.4 is 5.32 Å². The Hall–Kier alpha value is -1.57. The number of benzene rings is 2. The highest BCUT2D eigenvalue weighted by atomic mass is 79.9. The highest BCUT2D eigenvalue weighted by Crippen LogP contribution is 2.24. The molecule has 0 fully saturated rings. The largest absolute Gasteiger partial charge is 0.352 e. The molecule has 0 saturated carbocycles. The molecule has 0 bridgehead atoms. The topological polar surface area (TPSA) is 49.4 Å². The van der Waals surface area contributed by atoms with Crippen molar-refractivity contribution in [2.24, 2.45) is 0 Å². The van der Waals surface area contributed by atoms with Gasteiger partial charge in [0.15, 0.2) is 0 Å². The van der Waals surface area contributed by atoms with Crippen molar-refractivity contribution in [3.63, 3.8) is 0 Å². The third-order valence-corrected chi connectivity index (χ3v) is 6.79. The Kier molecular flexibility index (Phi) is 10.3. The van der Waals surface area contributed by atoms with Gasteiger partial charge >= 0.3 is 0 Å². The molecular formula is C23H27BrClFN2O2S. The van der Waals surface area contributed by atoms with E-state index in [2.05, 4.69) is 21.2 Å². The van der Waals surface area contributed by atoms with E-state index in [1.54, 1.807) is 24.0 Å². The van der Waals surface area contributed by atoms with Gasteiger partial charge in [-0.2, -0.15) is 0 Å². The Bertz CT molecular complexity index is 877. The van der Waals surface area contributed by atoms with Gasteiger partial charge in [0, 0.05) is 33.4 Å². The van der Waals surface area contributed by atoms with Gasteiger partial charge in [-0.15, -0.1) is 11.8 Å². The third kappa shape index (κ3) is 7.81. The van der Waals surface area contributed by atoms with Crippen LogP contribution in [0.2, 0.25) is 5.02 Å². The predicted octanol–water partition coefficient (Wildman–Crippen LogP) is 5.81. The summed E-state index contributed by atoms with van der Waals surface area (Å²) in [6.45, 7) is 5.96. The molecule has 0 radical (unpaired) electrons. The molecule has 2 aromatic carbocycles. The molecule has 0 aromatic heterocycles. The normalized spacial score (nSPS) is 12.8. The van der Waals surface area contributed by atoms with Gasteiger partial charge in [0.2, 0.25) is 11.8 Å². The number of carbonyl (C=O) groups excluding carboxylic acids is 2. The molecule has 0 spiro atoms. The van der Waals surface area contributed by atoms with Gasteiger partial charge in [-0.3, -0.25) is 9.59 Å². The molecule has 0 aliphatic carbocycles. The minimum atomic E-state index is -0.636. The number of nitrogens with one attached hydrogen (secondary N) is 1. The van der Waals surface area contributed by atoms with Gasteiger partial charge in [0.05, 0.1) is 5.75 Å². The maximum atomic E-state index is 14.0. The maximum absolute atomic E-state index is 14.0. The lowest BCUT2D eigenvalue weighted by Crippen LogP contribution is -2.50. The summed E-state index contributed by atoms with van der Waals surface area (Å²) in [6.07, 6.45) is 0.804. The Morgan fingerprint density at radius 2 is 1.87 bits per heavy atom. The van der Waals surface area contributed by atoms with Crippen LogP contribution in [0, 0.1) is 5.82 Å². The van der Waals surface area contributed by atoms with Crippen molar-refractivity contribution in [1.82, 2.24) is 10.2 Å². The fourth-order valence-corrected chi connectivity index (χ4v) is 4.34. The van der Waals surface area contributed by atoms with E-state index in [0.717, 1.165) is 16.5 Å². The van der Waals surface area contributed by atoms with Crippen LogP contribution >= 0.6 is 39.3 Å². The number of hydrogen-bond donors (Lipinski definition) is 1. The van der Waals surface area contributed by atoms with E-state index >= 15 is 0 Å². The van der Waals surface area contributed by atoms with E-state index in [1.165, 1.54) is 17.8 Å². The summed E-state index contributed by atoms with van der Waals surface area (Å²) >= 11 is 10.8. The fraction of sp³-hybridized carbons (Fsp3) is 0.391. The van der Waals surface area contributed by atoms with Crippen LogP contribution in [0.5, 0.6) is 0 Å². The molecule has 0 aliphatic heterocycles. The number of halogens is 3. The summed E-state index contributed by atoms with van der Waals surface area (Å²) in [7, 11) is 0. The molecule has 1 N–H and O–H groups in total. The lowest BCUT2D eigenvalue weighted by atomic mass is 10.1. The zero-order valence-electron chi connectivity index (χ0n) is 17.8. The molecule has 0 heterocycles. The van der Waals surface area contributed by atoms with Crippen LogP contribution in [0.4, 0.5) is 4.39 Å². The maximum Gasteiger partial charge on any atom is 0.242 e. The Morgan fingerprint density at radius 1 is 1.19 bits per heavy atom. The number of thioether (sulfide) groups is 1. The second-order valence-corrected chi connectivity index (χ2v) is 9.64. The van der Waals surface area contributed by atoms with E-state index < -0.39 is 6.04 Å². The van der Waals surface area contributed by atoms with Crippen LogP contribution in [0.1, 0.15) is 38.3 Å². The minimum absolute atomic E-state index is 0.0251. The zero-order chi connectivity index (χ0) is 23.0. The molecule has 0 saturated heterocycles. The minimum Gasteiger partial charge on any atom is -0.352 e. The molecule has 2 atom stereocenters. The first-order valence-corrected chi connectivity index (χ1v) is 12.4. The van der Waals surface area contributed by atoms with E-state index in [0.29, 0.717) is 17.1 Å². The lowest BCUT2D eigenvalue weighted by molar-refractivity contribution is -0.138. The molecular weight excluding hydrogens is 503 g/mol. The number of amides is 2. The first-order chi connectivity index (χ1) is 14.7. The Labute approximate surface area is 201 Å². The average molecular weight is 530 g/mol. The number of nitrogens with zero attached hydrogens (tertiary/aromatic N) is 1. The van der Waals surface area contributed by atoms with Gasteiger partial charge in [-0.05, 0) is 50.1 Å². The standard InChI is InChI=1S/C23H27BrClFN2O2S/c1-4-15(2)27-23(30)16(3)28(12-17-8-10-18(24)11-9-17)22(29)14-31-13-19-20(25)6-5-7-21(19)26/h5-11,15-16H,4,12-14H2,1-3H3,(H,27,30)/t15-,16-/m1/s1. The molecule has 4 nitrogen and oxygen atoms in total. The molecule has 2 amide bonds. The SMILES string of the molecule is CC[C@@H](C)NC(=O)[C@@H](C)N(Cc1ccc(Br)cc1)C(=O)CSCc1c(F)cccc1Cl. The summed E-state index contributed by atoms with van der Waals surface area (Å²) in [6, 6.07) is 11.5. The van der Waals surface area contributed by atoms with Gasteiger partial charge in [0.1, 0.15) is 11.9 Å². The van der Waals surface area contributed by atoms with Gasteiger partial charge in [-0.25, -0.2) is 4.39 Å². The van der Waals surface area contributed by atoms with Gasteiger partial charge < -0.3 is 10.2 Å². The molecule has 2 aromatic rings. The predicted molar refractivity (Wildman–Crippen MR) is 130 cm³/mol. The van der Waals surface area contributed by atoms with Crippen LogP contribution in [-0.4, -0.2) is 34.6 Å². The monoisotopic (exact) mass is 528 g/mol. The fourth-order valence-electron chi connectivity index (χ4n) is 2.83. The number of hydrogen-bond acceptors (Lipinski definition) is 3. The number of carbonyl (C=O) groups is 2. The zero-order valence-corrected chi connectivity index (χ0v) is 21.0. The second kappa shape index (κ2) is 12.5. The van der Waals surface area contributed by atoms with Crippen molar-refractivity contribution >= 4 is 51.1 Å². The van der Waals surface area contributed by atoms with Crippen LogP contribution in [0.15, 0.2) is 46.9 Å².